The van der Waals surface area contributed by atoms with Crippen molar-refractivity contribution in [1.29, 1.82) is 0 Å². The molecular formula is C22H24ClFN4O4S. The second kappa shape index (κ2) is 9.76. The zero-order valence-corrected chi connectivity index (χ0v) is 19.6. The number of hydrogen-bond donors (Lipinski definition) is 1. The highest BCUT2D eigenvalue weighted by Crippen LogP contribution is 2.25. The lowest BCUT2D eigenvalue weighted by Crippen LogP contribution is -2.40. The Hall–Kier alpha value is -2.53. The second-order valence-corrected chi connectivity index (χ2v) is 9.93. The maximum Gasteiger partial charge on any atom is 0.243 e. The van der Waals surface area contributed by atoms with Crippen LogP contribution in [-0.4, -0.2) is 54.5 Å². The lowest BCUT2D eigenvalue weighted by molar-refractivity contribution is -0.116. The molecule has 8 nitrogen and oxygen atoms in total. The minimum absolute atomic E-state index is 0.0226. The van der Waals surface area contributed by atoms with Gasteiger partial charge in [-0.1, -0.05) is 17.7 Å². The van der Waals surface area contributed by atoms with Crippen molar-refractivity contribution in [2.75, 3.05) is 31.6 Å². The van der Waals surface area contributed by atoms with Crippen LogP contribution in [0.5, 0.6) is 0 Å². The molecule has 0 radical (unpaired) electrons. The first-order valence-electron chi connectivity index (χ1n) is 10.6. The molecule has 11 heteroatoms. The summed E-state index contributed by atoms with van der Waals surface area (Å²) < 4.78 is 48.6. The molecule has 2 heterocycles. The van der Waals surface area contributed by atoms with Crippen LogP contribution in [0.1, 0.15) is 19.2 Å². The Labute approximate surface area is 196 Å². The number of imidazole rings is 1. The fourth-order valence-corrected chi connectivity index (χ4v) is 5.44. The zero-order chi connectivity index (χ0) is 23.6. The molecule has 0 aliphatic carbocycles. The van der Waals surface area contributed by atoms with Crippen molar-refractivity contribution in [3.8, 4) is 0 Å². The summed E-state index contributed by atoms with van der Waals surface area (Å²) in [5.74, 6) is -0.404. The van der Waals surface area contributed by atoms with Gasteiger partial charge in [0.15, 0.2) is 5.82 Å². The first-order valence-corrected chi connectivity index (χ1v) is 12.4. The van der Waals surface area contributed by atoms with E-state index in [0.29, 0.717) is 50.6 Å². The number of anilines is 1. The highest BCUT2D eigenvalue weighted by Gasteiger charge is 2.27. The lowest BCUT2D eigenvalue weighted by Gasteiger charge is -2.26. The Kier molecular flexibility index (Phi) is 6.99. The molecule has 1 amide bonds. The zero-order valence-electron chi connectivity index (χ0n) is 18.1. The minimum atomic E-state index is -3.64. The van der Waals surface area contributed by atoms with Crippen molar-refractivity contribution in [1.82, 2.24) is 13.9 Å². The Balaban J connectivity index is 1.53. The molecule has 1 aromatic heterocycles. The number of hydrogen-bond acceptors (Lipinski definition) is 5. The predicted octanol–water partition coefficient (Wildman–Crippen LogP) is 3.44. The molecule has 1 aliphatic rings. The number of nitrogens with one attached hydrogen (secondary N) is 1. The largest absolute Gasteiger partial charge is 0.379 e. The molecule has 0 bridgehead atoms. The molecule has 176 valence electrons. The van der Waals surface area contributed by atoms with E-state index < -0.39 is 15.8 Å². The maximum atomic E-state index is 14.0. The molecule has 33 heavy (non-hydrogen) atoms. The van der Waals surface area contributed by atoms with E-state index in [0.717, 1.165) is 5.52 Å². The summed E-state index contributed by atoms with van der Waals surface area (Å²) in [6.07, 6.45) is 0.385. The van der Waals surface area contributed by atoms with Crippen molar-refractivity contribution in [3.05, 3.63) is 53.1 Å². The summed E-state index contributed by atoms with van der Waals surface area (Å²) in [5, 5.41) is 2.46. The Morgan fingerprint density at radius 3 is 2.73 bits per heavy atom. The molecule has 2 aromatic carbocycles. The lowest BCUT2D eigenvalue weighted by atomic mass is 10.2. The number of halogens is 2. The van der Waals surface area contributed by atoms with Gasteiger partial charge in [-0.25, -0.2) is 17.8 Å². The van der Waals surface area contributed by atoms with Crippen LogP contribution in [0.25, 0.3) is 11.0 Å². The number of morpholine rings is 1. The Bertz CT molecular complexity index is 1290. The van der Waals surface area contributed by atoms with Gasteiger partial charge >= 0.3 is 0 Å². The summed E-state index contributed by atoms with van der Waals surface area (Å²) in [6, 6.07) is 9.29. The molecule has 1 saturated heterocycles. The van der Waals surface area contributed by atoms with Crippen molar-refractivity contribution >= 4 is 44.3 Å². The molecule has 1 aliphatic heterocycles. The highest BCUT2D eigenvalue weighted by atomic mass is 35.5. The number of fused-ring (bicyclic) bond motifs is 1. The van der Waals surface area contributed by atoms with Crippen LogP contribution < -0.4 is 5.32 Å². The third-order valence-corrected chi connectivity index (χ3v) is 7.71. The summed E-state index contributed by atoms with van der Waals surface area (Å²) in [4.78, 5) is 17.1. The monoisotopic (exact) mass is 494 g/mol. The summed E-state index contributed by atoms with van der Waals surface area (Å²) in [6.45, 7) is 3.93. The van der Waals surface area contributed by atoms with Crippen molar-refractivity contribution in [3.63, 3.8) is 0 Å². The predicted molar refractivity (Wildman–Crippen MR) is 123 cm³/mol. The smallest absolute Gasteiger partial charge is 0.243 e. The number of sulfonamides is 1. The number of aryl methyl sites for hydroxylation is 2. The first-order chi connectivity index (χ1) is 15.8. The van der Waals surface area contributed by atoms with Crippen LogP contribution in [0.2, 0.25) is 5.02 Å². The van der Waals surface area contributed by atoms with E-state index in [1.54, 1.807) is 24.3 Å². The van der Waals surface area contributed by atoms with Gasteiger partial charge in [0.25, 0.3) is 0 Å². The average molecular weight is 495 g/mol. The maximum absolute atomic E-state index is 14.0. The highest BCUT2D eigenvalue weighted by molar-refractivity contribution is 7.89. The van der Waals surface area contributed by atoms with Gasteiger partial charge in [0, 0.05) is 32.5 Å². The molecule has 0 saturated carbocycles. The summed E-state index contributed by atoms with van der Waals surface area (Å²) >= 11 is 5.76. The van der Waals surface area contributed by atoms with Gasteiger partial charge in [-0.3, -0.25) is 4.79 Å². The van der Waals surface area contributed by atoms with Gasteiger partial charge in [0.2, 0.25) is 15.9 Å². The third-order valence-electron chi connectivity index (χ3n) is 5.52. The standard InChI is InChI=1S/C22H24ClFN4O4S/c1-2-28-19-7-6-15(33(30,31)27-10-12-32-13-11-27)14-18(19)25-20(28)8-9-21(29)26-17-5-3-4-16(23)22(17)24/h3-7,14H,2,8-13H2,1H3,(H,26,29). The number of nitrogens with zero attached hydrogens (tertiary/aromatic N) is 3. The average Bonchev–Trinajstić information content (AvgIpc) is 3.18. The molecule has 0 atom stereocenters. The minimum Gasteiger partial charge on any atom is -0.379 e. The molecule has 1 N–H and O–H groups in total. The molecule has 4 rings (SSSR count). The van der Waals surface area contributed by atoms with Gasteiger partial charge in [0.05, 0.1) is 39.9 Å². The quantitative estimate of drug-likeness (QED) is 0.543. The van der Waals surface area contributed by atoms with E-state index in [1.807, 2.05) is 11.5 Å². The van der Waals surface area contributed by atoms with Crippen LogP contribution in [-0.2, 0) is 32.5 Å². The van der Waals surface area contributed by atoms with Gasteiger partial charge in [-0.15, -0.1) is 0 Å². The summed E-state index contributed by atoms with van der Waals surface area (Å²) in [5.41, 5.74) is 1.35. The van der Waals surface area contributed by atoms with E-state index >= 15 is 0 Å². The number of ether oxygens (including phenoxy) is 1. The fourth-order valence-electron chi connectivity index (χ4n) is 3.84. The van der Waals surface area contributed by atoms with E-state index in [9.17, 15) is 17.6 Å². The van der Waals surface area contributed by atoms with Crippen LogP contribution >= 0.6 is 11.6 Å². The van der Waals surface area contributed by atoms with E-state index in [-0.39, 0.29) is 27.9 Å². The van der Waals surface area contributed by atoms with Crippen LogP contribution in [0, 0.1) is 5.82 Å². The Morgan fingerprint density at radius 2 is 2.00 bits per heavy atom. The van der Waals surface area contributed by atoms with Crippen LogP contribution in [0.3, 0.4) is 0 Å². The molecule has 3 aromatic rings. The van der Waals surface area contributed by atoms with Crippen molar-refractivity contribution in [2.24, 2.45) is 0 Å². The number of carbonyl (C=O) groups is 1. The van der Waals surface area contributed by atoms with Gasteiger partial charge in [0.1, 0.15) is 5.82 Å². The van der Waals surface area contributed by atoms with Gasteiger partial charge < -0.3 is 14.6 Å². The van der Waals surface area contributed by atoms with Crippen molar-refractivity contribution in [2.45, 2.75) is 31.2 Å². The Morgan fingerprint density at radius 1 is 1.24 bits per heavy atom. The topological polar surface area (TPSA) is 93.5 Å². The second-order valence-electron chi connectivity index (χ2n) is 7.59. The van der Waals surface area contributed by atoms with Crippen LogP contribution in [0.4, 0.5) is 10.1 Å². The summed E-state index contributed by atoms with van der Waals surface area (Å²) in [7, 11) is -3.64. The number of rotatable bonds is 7. The number of amides is 1. The normalized spacial score (nSPS) is 15.1. The van der Waals surface area contributed by atoms with Crippen LogP contribution in [0.15, 0.2) is 41.3 Å². The molecule has 0 unspecified atom stereocenters. The number of benzene rings is 2. The fraction of sp³-hybridized carbons (Fsp3) is 0.364. The van der Waals surface area contributed by atoms with E-state index in [1.165, 1.54) is 16.4 Å². The molecule has 0 spiro atoms. The van der Waals surface area contributed by atoms with E-state index in [4.69, 9.17) is 16.3 Å². The van der Waals surface area contributed by atoms with Crippen molar-refractivity contribution < 1.29 is 22.3 Å². The SMILES string of the molecule is CCn1c(CCC(=O)Nc2cccc(Cl)c2F)nc2cc(S(=O)(=O)N3CCOCC3)ccc21. The molecular weight excluding hydrogens is 471 g/mol. The molecule has 1 fully saturated rings. The number of carbonyl (C=O) groups excluding carboxylic acids is 1. The first kappa shape index (κ1) is 23.6. The van der Waals surface area contributed by atoms with Gasteiger partial charge in [-0.2, -0.15) is 4.31 Å². The number of aromatic nitrogens is 2. The van der Waals surface area contributed by atoms with Gasteiger partial charge in [-0.05, 0) is 37.3 Å². The van der Waals surface area contributed by atoms with E-state index in [2.05, 4.69) is 10.3 Å². The third kappa shape index (κ3) is 4.89.